The normalized spacial score (nSPS) is 12.0. The van der Waals surface area contributed by atoms with Gasteiger partial charge in [0.15, 0.2) is 0 Å². The van der Waals surface area contributed by atoms with Crippen LogP contribution in [0.15, 0.2) is 42.5 Å². The monoisotopic (exact) mass is 303 g/mol. The average Bonchev–Trinajstić information content (AvgIpc) is 2.47. The van der Waals surface area contributed by atoms with E-state index in [1.54, 1.807) is 0 Å². The molecule has 2 aromatic carbocycles. The van der Waals surface area contributed by atoms with Crippen LogP contribution in [0.1, 0.15) is 37.4 Å². The molecule has 0 fully saturated rings. The van der Waals surface area contributed by atoms with E-state index in [1.807, 2.05) is 18.2 Å². The van der Waals surface area contributed by atoms with Gasteiger partial charge in [0.2, 0.25) is 0 Å². The second-order valence-corrected chi connectivity index (χ2v) is 5.62. The lowest BCUT2D eigenvalue weighted by Gasteiger charge is -2.18. The van der Waals surface area contributed by atoms with Crippen molar-refractivity contribution in [2.75, 3.05) is 11.9 Å². The summed E-state index contributed by atoms with van der Waals surface area (Å²) in [6.07, 6.45) is 0.973. The molecule has 21 heavy (non-hydrogen) atoms. The third-order valence-electron chi connectivity index (χ3n) is 3.43. The molecule has 0 aromatic heterocycles. The molecule has 2 aromatic rings. The molecule has 0 amide bonds. The molecule has 0 aliphatic heterocycles. The summed E-state index contributed by atoms with van der Waals surface area (Å²) in [4.78, 5) is 0. The fourth-order valence-electron chi connectivity index (χ4n) is 2.32. The van der Waals surface area contributed by atoms with Crippen LogP contribution in [0.4, 0.5) is 5.69 Å². The fraction of sp³-hybridized carbons (Fsp3) is 0.333. The number of hydrogen-bond acceptors (Lipinski definition) is 2. The highest BCUT2D eigenvalue weighted by Crippen LogP contribution is 2.30. The summed E-state index contributed by atoms with van der Waals surface area (Å²) in [6, 6.07) is 14.5. The van der Waals surface area contributed by atoms with Gasteiger partial charge < -0.3 is 10.1 Å². The Labute approximate surface area is 132 Å². The van der Waals surface area contributed by atoms with Gasteiger partial charge in [0, 0.05) is 11.7 Å². The van der Waals surface area contributed by atoms with Gasteiger partial charge in [-0.05, 0) is 49.6 Å². The van der Waals surface area contributed by atoms with E-state index in [9.17, 15) is 0 Å². The van der Waals surface area contributed by atoms with Crippen molar-refractivity contribution in [3.05, 3.63) is 58.6 Å². The van der Waals surface area contributed by atoms with Crippen molar-refractivity contribution < 1.29 is 4.74 Å². The number of anilines is 1. The molecule has 0 spiro atoms. The third kappa shape index (κ3) is 4.15. The van der Waals surface area contributed by atoms with Crippen LogP contribution in [0.3, 0.4) is 0 Å². The van der Waals surface area contributed by atoms with E-state index in [4.69, 9.17) is 16.3 Å². The predicted molar refractivity (Wildman–Crippen MR) is 90.5 cm³/mol. The van der Waals surface area contributed by atoms with E-state index in [0.29, 0.717) is 11.6 Å². The quantitative estimate of drug-likeness (QED) is 0.749. The van der Waals surface area contributed by atoms with Gasteiger partial charge >= 0.3 is 0 Å². The summed E-state index contributed by atoms with van der Waals surface area (Å²) in [5, 5.41) is 4.13. The molecule has 1 unspecified atom stereocenters. The lowest BCUT2D eigenvalue weighted by molar-refractivity contribution is 0.317. The summed E-state index contributed by atoms with van der Waals surface area (Å²) in [6.45, 7) is 7.04. The molecule has 0 bridgehead atoms. The van der Waals surface area contributed by atoms with E-state index in [1.165, 1.54) is 11.1 Å². The zero-order chi connectivity index (χ0) is 15.2. The first-order valence-corrected chi connectivity index (χ1v) is 7.74. The van der Waals surface area contributed by atoms with Gasteiger partial charge in [0.1, 0.15) is 5.75 Å². The highest BCUT2D eigenvalue weighted by Gasteiger charge is 2.09. The van der Waals surface area contributed by atoms with Crippen LogP contribution in [-0.2, 0) is 0 Å². The predicted octanol–water partition coefficient (Wildman–Crippen LogP) is 5.61. The maximum atomic E-state index is 6.26. The van der Waals surface area contributed by atoms with E-state index < -0.39 is 0 Å². The van der Waals surface area contributed by atoms with Gasteiger partial charge in [0.25, 0.3) is 0 Å². The maximum absolute atomic E-state index is 6.26. The summed E-state index contributed by atoms with van der Waals surface area (Å²) in [7, 11) is 0. The lowest BCUT2D eigenvalue weighted by Crippen LogP contribution is -2.08. The first-order valence-electron chi connectivity index (χ1n) is 7.36. The van der Waals surface area contributed by atoms with Crippen LogP contribution < -0.4 is 10.1 Å². The molecule has 3 heteroatoms. The average molecular weight is 304 g/mol. The van der Waals surface area contributed by atoms with Gasteiger partial charge in [-0.15, -0.1) is 0 Å². The van der Waals surface area contributed by atoms with E-state index in [0.717, 1.165) is 17.9 Å². The Morgan fingerprint density at radius 3 is 2.62 bits per heavy atom. The van der Waals surface area contributed by atoms with Crippen molar-refractivity contribution in [2.45, 2.75) is 33.2 Å². The minimum absolute atomic E-state index is 0.227. The van der Waals surface area contributed by atoms with Crippen molar-refractivity contribution in [2.24, 2.45) is 0 Å². The standard InChI is InChI=1S/C18H22ClNO/c1-4-11-21-18-10-9-15(12-17(18)19)20-14(3)16-8-6-5-7-13(16)2/h5-10,12,14,20H,4,11H2,1-3H3. The molecular weight excluding hydrogens is 282 g/mol. The molecule has 0 heterocycles. The summed E-state index contributed by atoms with van der Waals surface area (Å²) < 4.78 is 5.59. The Balaban J connectivity index is 2.09. The van der Waals surface area contributed by atoms with Gasteiger partial charge in [-0.25, -0.2) is 0 Å². The largest absolute Gasteiger partial charge is 0.492 e. The zero-order valence-corrected chi connectivity index (χ0v) is 13.6. The minimum atomic E-state index is 0.227. The topological polar surface area (TPSA) is 21.3 Å². The third-order valence-corrected chi connectivity index (χ3v) is 3.73. The van der Waals surface area contributed by atoms with Crippen LogP contribution in [0.2, 0.25) is 5.02 Å². The SMILES string of the molecule is CCCOc1ccc(NC(C)c2ccccc2C)cc1Cl. The van der Waals surface area contributed by atoms with Gasteiger partial charge in [-0.2, -0.15) is 0 Å². The number of nitrogens with one attached hydrogen (secondary N) is 1. The summed E-state index contributed by atoms with van der Waals surface area (Å²) >= 11 is 6.26. The Morgan fingerprint density at radius 2 is 1.95 bits per heavy atom. The Morgan fingerprint density at radius 1 is 1.19 bits per heavy atom. The second-order valence-electron chi connectivity index (χ2n) is 5.22. The zero-order valence-electron chi connectivity index (χ0n) is 12.8. The summed E-state index contributed by atoms with van der Waals surface area (Å²) in [5.74, 6) is 0.743. The number of rotatable bonds is 6. The highest BCUT2D eigenvalue weighted by atomic mass is 35.5. The maximum Gasteiger partial charge on any atom is 0.138 e. The fourth-order valence-corrected chi connectivity index (χ4v) is 2.56. The molecule has 1 N–H and O–H groups in total. The first-order chi connectivity index (χ1) is 10.1. The van der Waals surface area contributed by atoms with Crippen molar-refractivity contribution >= 4 is 17.3 Å². The molecule has 0 aliphatic carbocycles. The van der Waals surface area contributed by atoms with Crippen LogP contribution in [0.25, 0.3) is 0 Å². The lowest BCUT2D eigenvalue weighted by atomic mass is 10.0. The van der Waals surface area contributed by atoms with Gasteiger partial charge in [-0.1, -0.05) is 42.8 Å². The number of halogens is 1. The van der Waals surface area contributed by atoms with Crippen LogP contribution in [0.5, 0.6) is 5.75 Å². The van der Waals surface area contributed by atoms with Gasteiger partial charge in [-0.3, -0.25) is 0 Å². The van der Waals surface area contributed by atoms with Crippen molar-refractivity contribution in [3.8, 4) is 5.75 Å². The van der Waals surface area contributed by atoms with E-state index in [2.05, 4.69) is 50.4 Å². The Hall–Kier alpha value is -1.67. The van der Waals surface area contributed by atoms with E-state index >= 15 is 0 Å². The van der Waals surface area contributed by atoms with Crippen molar-refractivity contribution in [3.63, 3.8) is 0 Å². The molecular formula is C18H22ClNO. The van der Waals surface area contributed by atoms with Crippen LogP contribution >= 0.6 is 11.6 Å². The van der Waals surface area contributed by atoms with Crippen molar-refractivity contribution in [1.29, 1.82) is 0 Å². The molecule has 2 nitrogen and oxygen atoms in total. The molecule has 0 radical (unpaired) electrons. The summed E-state index contributed by atoms with van der Waals surface area (Å²) in [5.41, 5.74) is 3.58. The van der Waals surface area contributed by atoms with E-state index in [-0.39, 0.29) is 6.04 Å². The highest BCUT2D eigenvalue weighted by molar-refractivity contribution is 6.32. The number of hydrogen-bond donors (Lipinski definition) is 1. The second kappa shape index (κ2) is 7.37. The molecule has 1 atom stereocenters. The molecule has 2 rings (SSSR count). The number of aryl methyl sites for hydroxylation is 1. The minimum Gasteiger partial charge on any atom is -0.492 e. The molecule has 0 saturated heterocycles. The first kappa shape index (κ1) is 15.7. The molecule has 112 valence electrons. The molecule has 0 saturated carbocycles. The Bertz CT molecular complexity index is 598. The number of benzene rings is 2. The van der Waals surface area contributed by atoms with Crippen LogP contribution in [-0.4, -0.2) is 6.61 Å². The van der Waals surface area contributed by atoms with Crippen molar-refractivity contribution in [1.82, 2.24) is 0 Å². The molecule has 0 aliphatic rings. The van der Waals surface area contributed by atoms with Crippen LogP contribution in [0, 0.1) is 6.92 Å². The Kier molecular flexibility index (Phi) is 5.51. The number of ether oxygens (including phenoxy) is 1. The van der Waals surface area contributed by atoms with Gasteiger partial charge in [0.05, 0.1) is 11.6 Å². The smallest absolute Gasteiger partial charge is 0.138 e.